The number of aromatic nitrogens is 1. The van der Waals surface area contributed by atoms with Crippen molar-refractivity contribution in [2.75, 3.05) is 4.90 Å². The van der Waals surface area contributed by atoms with E-state index in [0.717, 1.165) is 11.4 Å². The van der Waals surface area contributed by atoms with Gasteiger partial charge in [0.1, 0.15) is 0 Å². The Morgan fingerprint density at radius 3 is 1.82 bits per heavy atom. The van der Waals surface area contributed by atoms with Crippen molar-refractivity contribution in [1.29, 1.82) is 0 Å². The Hall–Kier alpha value is -5.08. The molecular formula is C37H28N2. The van der Waals surface area contributed by atoms with Crippen LogP contribution in [0, 0.1) is 0 Å². The molecule has 0 atom stereocenters. The van der Waals surface area contributed by atoms with Crippen molar-refractivity contribution < 1.29 is 0 Å². The van der Waals surface area contributed by atoms with Crippen LogP contribution in [0.3, 0.4) is 0 Å². The molecule has 0 aliphatic rings. The number of benzene rings is 6. The van der Waals surface area contributed by atoms with E-state index in [2.05, 4.69) is 168 Å². The lowest BCUT2D eigenvalue weighted by atomic mass is 9.99. The minimum atomic E-state index is 1.13. The van der Waals surface area contributed by atoms with Crippen molar-refractivity contribution in [3.05, 3.63) is 152 Å². The highest BCUT2D eigenvalue weighted by atomic mass is 15.1. The van der Waals surface area contributed by atoms with E-state index in [1.807, 2.05) is 0 Å². The number of aryl methyl sites for hydroxylation is 1. The molecule has 1 heterocycles. The van der Waals surface area contributed by atoms with Crippen molar-refractivity contribution in [3.63, 3.8) is 0 Å². The SMILES string of the molecule is Cn1ccc2ccc(-c3ccc(-c4ccc(N(c5ccccc5)c5cccc6ccccc56)cc4)cc3)cc21. The van der Waals surface area contributed by atoms with E-state index in [1.165, 1.54) is 49.6 Å². The summed E-state index contributed by atoms with van der Waals surface area (Å²) in [6.07, 6.45) is 2.11. The van der Waals surface area contributed by atoms with Gasteiger partial charge in [-0.25, -0.2) is 0 Å². The Bertz CT molecular complexity index is 1890. The Morgan fingerprint density at radius 2 is 1.05 bits per heavy atom. The van der Waals surface area contributed by atoms with Crippen molar-refractivity contribution >= 4 is 38.7 Å². The van der Waals surface area contributed by atoms with E-state index in [1.54, 1.807) is 0 Å². The van der Waals surface area contributed by atoms with Gasteiger partial charge >= 0.3 is 0 Å². The molecule has 7 rings (SSSR count). The summed E-state index contributed by atoms with van der Waals surface area (Å²) in [6.45, 7) is 0. The lowest BCUT2D eigenvalue weighted by molar-refractivity contribution is 0.969. The zero-order valence-corrected chi connectivity index (χ0v) is 21.8. The molecule has 0 bridgehead atoms. The number of fused-ring (bicyclic) bond motifs is 2. The molecule has 2 heteroatoms. The van der Waals surface area contributed by atoms with Gasteiger partial charge in [0.2, 0.25) is 0 Å². The van der Waals surface area contributed by atoms with E-state index in [0.29, 0.717) is 0 Å². The van der Waals surface area contributed by atoms with E-state index in [9.17, 15) is 0 Å². The molecule has 6 aromatic carbocycles. The smallest absolute Gasteiger partial charge is 0.0540 e. The normalized spacial score (nSPS) is 11.2. The third-order valence-corrected chi connectivity index (χ3v) is 7.59. The Morgan fingerprint density at radius 1 is 0.462 bits per heavy atom. The summed E-state index contributed by atoms with van der Waals surface area (Å²) in [5.74, 6) is 0. The van der Waals surface area contributed by atoms with Gasteiger partial charge < -0.3 is 9.47 Å². The predicted octanol–water partition coefficient (Wildman–Crippen LogP) is 10.1. The first-order valence-electron chi connectivity index (χ1n) is 13.3. The van der Waals surface area contributed by atoms with Gasteiger partial charge in [-0.2, -0.15) is 0 Å². The van der Waals surface area contributed by atoms with Crippen molar-refractivity contribution in [2.45, 2.75) is 0 Å². The second kappa shape index (κ2) is 9.66. The van der Waals surface area contributed by atoms with E-state index < -0.39 is 0 Å². The predicted molar refractivity (Wildman–Crippen MR) is 166 cm³/mol. The maximum Gasteiger partial charge on any atom is 0.0540 e. The highest BCUT2D eigenvalue weighted by Gasteiger charge is 2.15. The van der Waals surface area contributed by atoms with Crippen LogP contribution in [0.1, 0.15) is 0 Å². The first kappa shape index (κ1) is 23.1. The average molecular weight is 501 g/mol. The fraction of sp³-hybridized carbons (Fsp3) is 0.0270. The fourth-order valence-electron chi connectivity index (χ4n) is 5.51. The van der Waals surface area contributed by atoms with Crippen LogP contribution < -0.4 is 4.90 Å². The summed E-state index contributed by atoms with van der Waals surface area (Å²) in [5.41, 5.74) is 9.57. The number of rotatable bonds is 5. The number of hydrogen-bond acceptors (Lipinski definition) is 1. The van der Waals surface area contributed by atoms with E-state index in [4.69, 9.17) is 0 Å². The zero-order chi connectivity index (χ0) is 26.2. The summed E-state index contributed by atoms with van der Waals surface area (Å²) in [5, 5.41) is 3.74. The van der Waals surface area contributed by atoms with E-state index >= 15 is 0 Å². The van der Waals surface area contributed by atoms with Gasteiger partial charge in [0.05, 0.1) is 5.69 Å². The molecule has 0 saturated carbocycles. The number of anilines is 3. The summed E-state index contributed by atoms with van der Waals surface area (Å²) in [6, 6.07) is 52.3. The minimum Gasteiger partial charge on any atom is -0.351 e. The summed E-state index contributed by atoms with van der Waals surface area (Å²) in [7, 11) is 2.10. The topological polar surface area (TPSA) is 8.17 Å². The molecule has 0 unspecified atom stereocenters. The second-order valence-electron chi connectivity index (χ2n) is 9.99. The van der Waals surface area contributed by atoms with Crippen LogP contribution in [-0.4, -0.2) is 4.57 Å². The molecule has 39 heavy (non-hydrogen) atoms. The van der Waals surface area contributed by atoms with Crippen LogP contribution in [0.15, 0.2) is 152 Å². The molecule has 0 amide bonds. The highest BCUT2D eigenvalue weighted by molar-refractivity contribution is 5.99. The minimum absolute atomic E-state index is 1.13. The Kier molecular flexibility index (Phi) is 5.71. The molecule has 1 aromatic heterocycles. The molecule has 7 aromatic rings. The maximum atomic E-state index is 2.34. The van der Waals surface area contributed by atoms with Gasteiger partial charge in [0.15, 0.2) is 0 Å². The fourth-order valence-corrected chi connectivity index (χ4v) is 5.51. The molecule has 2 nitrogen and oxygen atoms in total. The second-order valence-corrected chi connectivity index (χ2v) is 9.99. The monoisotopic (exact) mass is 500 g/mol. The van der Waals surface area contributed by atoms with E-state index in [-0.39, 0.29) is 0 Å². The van der Waals surface area contributed by atoms with Crippen LogP contribution in [0.4, 0.5) is 17.1 Å². The van der Waals surface area contributed by atoms with Crippen LogP contribution in [-0.2, 0) is 7.05 Å². The first-order valence-corrected chi connectivity index (χ1v) is 13.3. The largest absolute Gasteiger partial charge is 0.351 e. The summed E-state index contributed by atoms with van der Waals surface area (Å²) < 4.78 is 2.17. The molecule has 0 aliphatic heterocycles. The standard InChI is InChI=1S/C37H28N2/c1-38-25-24-31-18-19-32(26-37(31)38)29-16-14-27(15-17-29)28-20-22-34(23-21-28)39(33-10-3-2-4-11-33)36-13-7-9-30-8-5-6-12-35(30)36/h2-26H,1H3. The van der Waals surface area contributed by atoms with Crippen LogP contribution >= 0.6 is 0 Å². The molecule has 0 N–H and O–H groups in total. The number of para-hydroxylation sites is 1. The van der Waals surface area contributed by atoms with Crippen LogP contribution in [0.5, 0.6) is 0 Å². The van der Waals surface area contributed by atoms with Crippen LogP contribution in [0.2, 0.25) is 0 Å². The van der Waals surface area contributed by atoms with Crippen molar-refractivity contribution in [2.24, 2.45) is 7.05 Å². The van der Waals surface area contributed by atoms with Crippen molar-refractivity contribution in [1.82, 2.24) is 4.57 Å². The Labute approximate surface area is 229 Å². The Balaban J connectivity index is 1.23. The molecule has 186 valence electrons. The van der Waals surface area contributed by atoms with Gasteiger partial charge in [-0.3, -0.25) is 0 Å². The average Bonchev–Trinajstić information content (AvgIpc) is 3.38. The molecule has 0 radical (unpaired) electrons. The maximum absolute atomic E-state index is 2.34. The highest BCUT2D eigenvalue weighted by Crippen LogP contribution is 2.39. The third-order valence-electron chi connectivity index (χ3n) is 7.59. The van der Waals surface area contributed by atoms with Gasteiger partial charge in [0.25, 0.3) is 0 Å². The van der Waals surface area contributed by atoms with Gasteiger partial charge in [0, 0.05) is 35.5 Å². The van der Waals surface area contributed by atoms with Gasteiger partial charge in [-0.1, -0.05) is 103 Å². The number of nitrogens with zero attached hydrogens (tertiary/aromatic N) is 2. The van der Waals surface area contributed by atoms with Gasteiger partial charge in [-0.05, 0) is 75.5 Å². The summed E-state index contributed by atoms with van der Waals surface area (Å²) >= 11 is 0. The molecule has 0 aliphatic carbocycles. The summed E-state index contributed by atoms with van der Waals surface area (Å²) in [4.78, 5) is 2.34. The quantitative estimate of drug-likeness (QED) is 0.228. The lowest BCUT2D eigenvalue weighted by Gasteiger charge is -2.27. The number of hydrogen-bond donors (Lipinski definition) is 0. The lowest BCUT2D eigenvalue weighted by Crippen LogP contribution is -2.10. The van der Waals surface area contributed by atoms with Crippen LogP contribution in [0.25, 0.3) is 43.9 Å². The molecule has 0 spiro atoms. The van der Waals surface area contributed by atoms with Crippen molar-refractivity contribution in [3.8, 4) is 22.3 Å². The molecule has 0 fully saturated rings. The van der Waals surface area contributed by atoms with Gasteiger partial charge in [-0.15, -0.1) is 0 Å². The zero-order valence-electron chi connectivity index (χ0n) is 21.8. The third kappa shape index (κ3) is 4.26. The molecular weight excluding hydrogens is 472 g/mol. The molecule has 0 saturated heterocycles. The first-order chi connectivity index (χ1) is 19.2.